The molecule has 0 bridgehead atoms. The number of piperazine rings is 1. The number of carbonyl (C=O) groups is 1. The molecule has 1 unspecified atom stereocenters. The van der Waals surface area contributed by atoms with Crippen LogP contribution in [-0.4, -0.2) is 42.9 Å². The zero-order chi connectivity index (χ0) is 10.9. The minimum atomic E-state index is -2.62. The number of amides is 1. The maximum absolute atomic E-state index is 12.9. The van der Waals surface area contributed by atoms with Crippen molar-refractivity contribution in [2.75, 3.05) is 26.2 Å². The van der Waals surface area contributed by atoms with E-state index in [-0.39, 0.29) is 18.7 Å². The van der Waals surface area contributed by atoms with Gasteiger partial charge in [-0.3, -0.25) is 4.79 Å². The predicted octanol–water partition coefficient (Wildman–Crippen LogP) is 0.854. The molecule has 2 aliphatic rings. The average molecular weight is 218 g/mol. The molecule has 2 rings (SSSR count). The highest BCUT2D eigenvalue weighted by atomic mass is 19.3. The Morgan fingerprint density at radius 3 is 2.53 bits per heavy atom. The van der Waals surface area contributed by atoms with Crippen LogP contribution in [0.5, 0.6) is 0 Å². The fraction of sp³-hybridized carbons (Fsp3) is 0.900. The number of halogens is 2. The Kier molecular flexibility index (Phi) is 2.91. The van der Waals surface area contributed by atoms with Crippen LogP contribution in [0.4, 0.5) is 8.78 Å². The van der Waals surface area contributed by atoms with Crippen LogP contribution in [0.25, 0.3) is 0 Å². The van der Waals surface area contributed by atoms with E-state index in [2.05, 4.69) is 5.32 Å². The van der Waals surface area contributed by atoms with E-state index in [0.717, 1.165) is 13.1 Å². The van der Waals surface area contributed by atoms with E-state index in [9.17, 15) is 13.6 Å². The number of carbonyl (C=O) groups excluding carboxylic acids is 1. The number of hydrogen-bond acceptors (Lipinski definition) is 2. The summed E-state index contributed by atoms with van der Waals surface area (Å²) >= 11 is 0. The minimum Gasteiger partial charge on any atom is -0.340 e. The van der Waals surface area contributed by atoms with Gasteiger partial charge in [-0.2, -0.15) is 0 Å². The Balaban J connectivity index is 1.90. The Hall–Kier alpha value is -0.710. The summed E-state index contributed by atoms with van der Waals surface area (Å²) in [7, 11) is 0. The van der Waals surface area contributed by atoms with Crippen molar-refractivity contribution in [1.82, 2.24) is 10.2 Å². The Morgan fingerprint density at radius 2 is 2.00 bits per heavy atom. The average Bonchev–Trinajstić information content (AvgIpc) is 2.59. The molecular weight excluding hydrogens is 202 g/mol. The summed E-state index contributed by atoms with van der Waals surface area (Å²) in [4.78, 5) is 13.6. The second kappa shape index (κ2) is 4.04. The summed E-state index contributed by atoms with van der Waals surface area (Å²) in [5.74, 6) is -3.14. The van der Waals surface area contributed by atoms with Gasteiger partial charge in [0.1, 0.15) is 0 Å². The van der Waals surface area contributed by atoms with Crippen molar-refractivity contribution >= 4 is 5.91 Å². The zero-order valence-electron chi connectivity index (χ0n) is 8.64. The fourth-order valence-corrected chi connectivity index (χ4v) is 2.30. The predicted molar refractivity (Wildman–Crippen MR) is 51.7 cm³/mol. The molecule has 5 heteroatoms. The molecule has 86 valence electrons. The van der Waals surface area contributed by atoms with Crippen molar-refractivity contribution in [3.05, 3.63) is 0 Å². The van der Waals surface area contributed by atoms with E-state index in [1.165, 1.54) is 0 Å². The maximum Gasteiger partial charge on any atom is 0.248 e. The van der Waals surface area contributed by atoms with E-state index >= 15 is 0 Å². The van der Waals surface area contributed by atoms with Crippen molar-refractivity contribution in [3.8, 4) is 0 Å². The van der Waals surface area contributed by atoms with Gasteiger partial charge in [0, 0.05) is 44.9 Å². The van der Waals surface area contributed by atoms with Crippen LogP contribution in [0.15, 0.2) is 0 Å². The standard InChI is InChI=1S/C10H16F2N2O/c11-10(12)2-1-8(7-10)9(15)14-5-3-13-4-6-14/h8,13H,1-7H2. The molecule has 1 amide bonds. The van der Waals surface area contributed by atoms with Gasteiger partial charge in [-0.1, -0.05) is 0 Å². The van der Waals surface area contributed by atoms with Crippen LogP contribution in [0.3, 0.4) is 0 Å². The lowest BCUT2D eigenvalue weighted by molar-refractivity contribution is -0.136. The first-order valence-electron chi connectivity index (χ1n) is 5.46. The largest absolute Gasteiger partial charge is 0.340 e. The fourth-order valence-electron chi connectivity index (χ4n) is 2.30. The number of nitrogens with one attached hydrogen (secondary N) is 1. The Morgan fingerprint density at radius 1 is 1.33 bits per heavy atom. The summed E-state index contributed by atoms with van der Waals surface area (Å²) < 4.78 is 25.9. The van der Waals surface area contributed by atoms with Gasteiger partial charge in [0.05, 0.1) is 0 Å². The molecule has 1 N–H and O–H groups in total. The molecule has 3 nitrogen and oxygen atoms in total. The Labute approximate surface area is 87.8 Å². The van der Waals surface area contributed by atoms with E-state index in [4.69, 9.17) is 0 Å². The second-order valence-corrected chi connectivity index (χ2v) is 4.37. The first kappa shape index (κ1) is 10.8. The third-order valence-electron chi connectivity index (χ3n) is 3.18. The van der Waals surface area contributed by atoms with Crippen LogP contribution in [0.2, 0.25) is 0 Å². The molecule has 0 radical (unpaired) electrons. The molecule has 0 spiro atoms. The molecule has 0 aromatic rings. The highest BCUT2D eigenvalue weighted by molar-refractivity contribution is 5.79. The van der Waals surface area contributed by atoms with E-state index in [0.29, 0.717) is 19.5 Å². The summed E-state index contributed by atoms with van der Waals surface area (Å²) in [5, 5.41) is 3.13. The number of alkyl halides is 2. The first-order chi connectivity index (χ1) is 7.08. The lowest BCUT2D eigenvalue weighted by atomic mass is 10.1. The van der Waals surface area contributed by atoms with Crippen molar-refractivity contribution in [1.29, 1.82) is 0 Å². The molecule has 0 aromatic heterocycles. The molecule has 0 aromatic carbocycles. The summed E-state index contributed by atoms with van der Waals surface area (Å²) in [6.45, 7) is 2.85. The van der Waals surface area contributed by atoms with E-state index in [1.807, 2.05) is 0 Å². The number of rotatable bonds is 1. The van der Waals surface area contributed by atoms with Gasteiger partial charge in [-0.05, 0) is 6.42 Å². The van der Waals surface area contributed by atoms with E-state index < -0.39 is 11.8 Å². The molecule has 1 heterocycles. The topological polar surface area (TPSA) is 32.3 Å². The molecule has 1 saturated carbocycles. The van der Waals surface area contributed by atoms with Gasteiger partial charge in [0.2, 0.25) is 11.8 Å². The van der Waals surface area contributed by atoms with Crippen LogP contribution >= 0.6 is 0 Å². The van der Waals surface area contributed by atoms with Gasteiger partial charge in [0.15, 0.2) is 0 Å². The number of nitrogens with zero attached hydrogens (tertiary/aromatic N) is 1. The van der Waals surface area contributed by atoms with Crippen LogP contribution in [0.1, 0.15) is 19.3 Å². The van der Waals surface area contributed by atoms with Gasteiger partial charge in [0.25, 0.3) is 0 Å². The smallest absolute Gasteiger partial charge is 0.248 e. The summed E-state index contributed by atoms with van der Waals surface area (Å²) in [6.07, 6.45) is -0.0407. The van der Waals surface area contributed by atoms with Crippen molar-refractivity contribution in [2.45, 2.75) is 25.2 Å². The quantitative estimate of drug-likeness (QED) is 0.707. The van der Waals surface area contributed by atoms with Crippen LogP contribution in [0, 0.1) is 5.92 Å². The normalized spacial score (nSPS) is 30.5. The molecule has 15 heavy (non-hydrogen) atoms. The minimum absolute atomic E-state index is 0.0753. The van der Waals surface area contributed by atoms with Crippen LogP contribution in [-0.2, 0) is 4.79 Å². The third kappa shape index (κ3) is 2.45. The van der Waals surface area contributed by atoms with Gasteiger partial charge >= 0.3 is 0 Å². The van der Waals surface area contributed by atoms with Crippen molar-refractivity contribution in [3.63, 3.8) is 0 Å². The van der Waals surface area contributed by atoms with Crippen LogP contribution < -0.4 is 5.32 Å². The second-order valence-electron chi connectivity index (χ2n) is 4.37. The monoisotopic (exact) mass is 218 g/mol. The molecule has 2 fully saturated rings. The lowest BCUT2D eigenvalue weighted by Gasteiger charge is -2.29. The molecular formula is C10H16F2N2O. The molecule has 1 aliphatic carbocycles. The SMILES string of the molecule is O=C(C1CCC(F)(F)C1)N1CCNCC1. The van der Waals surface area contributed by atoms with Gasteiger partial charge < -0.3 is 10.2 Å². The van der Waals surface area contributed by atoms with Gasteiger partial charge in [-0.15, -0.1) is 0 Å². The highest BCUT2D eigenvalue weighted by Crippen LogP contribution is 2.39. The maximum atomic E-state index is 12.9. The third-order valence-corrected chi connectivity index (χ3v) is 3.18. The molecule has 1 aliphatic heterocycles. The first-order valence-corrected chi connectivity index (χ1v) is 5.46. The highest BCUT2D eigenvalue weighted by Gasteiger charge is 2.43. The summed E-state index contributed by atoms with van der Waals surface area (Å²) in [6, 6.07) is 0. The molecule has 1 saturated heterocycles. The van der Waals surface area contributed by atoms with Crippen molar-refractivity contribution in [2.24, 2.45) is 5.92 Å². The van der Waals surface area contributed by atoms with Gasteiger partial charge in [-0.25, -0.2) is 8.78 Å². The Bertz CT molecular complexity index is 252. The lowest BCUT2D eigenvalue weighted by Crippen LogP contribution is -2.48. The number of hydrogen-bond donors (Lipinski definition) is 1. The molecule has 1 atom stereocenters. The van der Waals surface area contributed by atoms with Crippen molar-refractivity contribution < 1.29 is 13.6 Å². The zero-order valence-corrected chi connectivity index (χ0v) is 8.64. The van der Waals surface area contributed by atoms with E-state index in [1.54, 1.807) is 4.90 Å². The summed E-state index contributed by atoms with van der Waals surface area (Å²) in [5.41, 5.74) is 0.